The number of hydrogen-bond acceptors (Lipinski definition) is 6. The lowest BCUT2D eigenvalue weighted by Gasteiger charge is -2.41. The third kappa shape index (κ3) is 2.28. The number of fused-ring (bicyclic) bond motifs is 3. The number of likely N-dealkylation sites (tertiary alicyclic amines) is 1. The Hall–Kier alpha value is -1.99. The summed E-state index contributed by atoms with van der Waals surface area (Å²) in [4.78, 5) is 6.54. The fourth-order valence-electron chi connectivity index (χ4n) is 3.21. The Balaban J connectivity index is 1.52. The molecule has 0 amide bonds. The second kappa shape index (κ2) is 5.09. The molecule has 0 saturated carbocycles. The van der Waals surface area contributed by atoms with Crippen molar-refractivity contribution in [3.05, 3.63) is 35.8 Å². The molecule has 21 heavy (non-hydrogen) atoms. The maximum atomic E-state index is 5.94. The molecule has 2 N–H and O–H groups in total. The molecular weight excluding hydrogens is 268 g/mol. The van der Waals surface area contributed by atoms with Gasteiger partial charge in [0.2, 0.25) is 0 Å². The number of rotatable bonds is 2. The summed E-state index contributed by atoms with van der Waals surface area (Å²) < 4.78 is 7.95. The van der Waals surface area contributed by atoms with E-state index in [1.54, 1.807) is 12.4 Å². The summed E-state index contributed by atoms with van der Waals surface area (Å²) in [5.74, 6) is 0.612. The van der Waals surface area contributed by atoms with Gasteiger partial charge in [-0.3, -0.25) is 4.90 Å². The number of anilines is 1. The molecule has 2 atom stereocenters. The number of piperidine rings is 1. The van der Waals surface area contributed by atoms with Gasteiger partial charge in [-0.15, -0.1) is 5.10 Å². The molecule has 1 fully saturated rings. The molecule has 110 valence electrons. The monoisotopic (exact) mass is 286 g/mol. The highest BCUT2D eigenvalue weighted by Crippen LogP contribution is 2.30. The number of nitrogens with zero attached hydrogens (tertiary/aromatic N) is 5. The summed E-state index contributed by atoms with van der Waals surface area (Å²) >= 11 is 0. The van der Waals surface area contributed by atoms with Gasteiger partial charge < -0.3 is 10.5 Å². The summed E-state index contributed by atoms with van der Waals surface area (Å²) in [6, 6.07) is 4.20. The van der Waals surface area contributed by atoms with Gasteiger partial charge in [-0.2, -0.15) is 0 Å². The predicted molar refractivity (Wildman–Crippen MR) is 76.2 cm³/mol. The lowest BCUT2D eigenvalue weighted by Crippen LogP contribution is -2.47. The normalized spacial score (nSPS) is 25.3. The minimum Gasteiger partial charge on any atom is -0.383 e. The van der Waals surface area contributed by atoms with Gasteiger partial charge in [0.25, 0.3) is 0 Å². The molecule has 0 spiro atoms. The summed E-state index contributed by atoms with van der Waals surface area (Å²) in [6.45, 7) is 3.32. The molecule has 7 nitrogen and oxygen atoms in total. The number of hydrogen-bond donors (Lipinski definition) is 1. The van der Waals surface area contributed by atoms with Crippen molar-refractivity contribution in [1.82, 2.24) is 24.9 Å². The largest absolute Gasteiger partial charge is 0.383 e. The lowest BCUT2D eigenvalue weighted by molar-refractivity contribution is -0.0669. The zero-order valence-electron chi connectivity index (χ0n) is 11.7. The Morgan fingerprint density at radius 3 is 3.29 bits per heavy atom. The Morgan fingerprint density at radius 1 is 1.43 bits per heavy atom. The van der Waals surface area contributed by atoms with Gasteiger partial charge in [0, 0.05) is 31.4 Å². The maximum Gasteiger partial charge on any atom is 0.127 e. The minimum absolute atomic E-state index is 0.238. The van der Waals surface area contributed by atoms with Gasteiger partial charge in [0.1, 0.15) is 5.82 Å². The van der Waals surface area contributed by atoms with Crippen LogP contribution in [0.3, 0.4) is 0 Å². The number of aromatic nitrogens is 4. The first kappa shape index (κ1) is 12.7. The van der Waals surface area contributed by atoms with Crippen LogP contribution in [0, 0.1) is 0 Å². The Labute approximate surface area is 122 Å². The fourth-order valence-corrected chi connectivity index (χ4v) is 3.21. The third-order valence-electron chi connectivity index (χ3n) is 4.33. The van der Waals surface area contributed by atoms with E-state index in [9.17, 15) is 0 Å². The zero-order valence-corrected chi connectivity index (χ0v) is 11.7. The molecule has 0 bridgehead atoms. The minimum atomic E-state index is 0.238. The van der Waals surface area contributed by atoms with E-state index in [0.717, 1.165) is 37.3 Å². The van der Waals surface area contributed by atoms with Gasteiger partial charge in [0.15, 0.2) is 0 Å². The van der Waals surface area contributed by atoms with Crippen molar-refractivity contribution in [1.29, 1.82) is 0 Å². The third-order valence-corrected chi connectivity index (χ3v) is 4.33. The van der Waals surface area contributed by atoms with Crippen molar-refractivity contribution in [3.63, 3.8) is 0 Å². The quantitative estimate of drug-likeness (QED) is 0.870. The summed E-state index contributed by atoms with van der Waals surface area (Å²) in [5.41, 5.74) is 8.07. The van der Waals surface area contributed by atoms with Crippen LogP contribution < -0.4 is 5.73 Å². The number of nitrogen functional groups attached to an aromatic ring is 1. The molecule has 4 heterocycles. The van der Waals surface area contributed by atoms with Crippen molar-refractivity contribution in [2.45, 2.75) is 31.7 Å². The summed E-state index contributed by atoms with van der Waals surface area (Å²) in [5, 5.41) is 8.23. The molecule has 2 aromatic heterocycles. The molecule has 0 aromatic carbocycles. The molecular formula is C14H18N6O. The van der Waals surface area contributed by atoms with Crippen LogP contribution in [0.5, 0.6) is 0 Å². The summed E-state index contributed by atoms with van der Waals surface area (Å²) in [7, 11) is 0. The van der Waals surface area contributed by atoms with E-state index in [1.165, 1.54) is 0 Å². The van der Waals surface area contributed by atoms with Gasteiger partial charge in [-0.25, -0.2) is 9.67 Å². The van der Waals surface area contributed by atoms with Crippen LogP contribution in [0.25, 0.3) is 0 Å². The van der Waals surface area contributed by atoms with Crippen molar-refractivity contribution >= 4 is 5.82 Å². The number of pyridine rings is 1. The Morgan fingerprint density at radius 2 is 2.38 bits per heavy atom. The molecule has 0 aliphatic carbocycles. The molecule has 2 aliphatic heterocycles. The van der Waals surface area contributed by atoms with Crippen LogP contribution in [-0.2, 0) is 17.9 Å². The molecule has 0 radical (unpaired) electrons. The van der Waals surface area contributed by atoms with Crippen LogP contribution in [0.2, 0.25) is 0 Å². The van der Waals surface area contributed by atoms with E-state index >= 15 is 0 Å². The first-order valence-electron chi connectivity index (χ1n) is 7.23. The standard InChI is InChI=1S/C14H18N6O/c15-14-10(2-1-4-16-14)7-19-5-3-13-12(8-19)20-11(9-21-13)6-17-18-20/h1-2,4,6,12-13H,3,5,7-9H2,(H2,15,16)/t12-,13-/m0/s1. The van der Waals surface area contributed by atoms with Gasteiger partial charge in [0.05, 0.1) is 30.6 Å². The zero-order chi connectivity index (χ0) is 14.2. The number of ether oxygens (including phenoxy) is 1. The Kier molecular flexibility index (Phi) is 3.08. The van der Waals surface area contributed by atoms with E-state index < -0.39 is 0 Å². The van der Waals surface area contributed by atoms with Crippen LogP contribution in [0.4, 0.5) is 5.82 Å². The van der Waals surface area contributed by atoms with Crippen LogP contribution in [-0.4, -0.2) is 44.1 Å². The second-order valence-corrected chi connectivity index (χ2v) is 5.66. The summed E-state index contributed by atoms with van der Waals surface area (Å²) in [6.07, 6.45) is 4.75. The average molecular weight is 286 g/mol. The molecule has 2 aromatic rings. The topological polar surface area (TPSA) is 82.1 Å². The first-order valence-corrected chi connectivity index (χ1v) is 7.23. The van der Waals surface area contributed by atoms with Crippen molar-refractivity contribution in [3.8, 4) is 0 Å². The second-order valence-electron chi connectivity index (χ2n) is 5.66. The average Bonchev–Trinajstić information content (AvgIpc) is 2.98. The smallest absolute Gasteiger partial charge is 0.127 e. The van der Waals surface area contributed by atoms with Crippen LogP contribution in [0.15, 0.2) is 24.5 Å². The lowest BCUT2D eigenvalue weighted by atomic mass is 10.00. The van der Waals surface area contributed by atoms with Gasteiger partial charge in [-0.1, -0.05) is 11.3 Å². The van der Waals surface area contributed by atoms with Gasteiger partial charge >= 0.3 is 0 Å². The van der Waals surface area contributed by atoms with E-state index in [-0.39, 0.29) is 12.1 Å². The van der Waals surface area contributed by atoms with Crippen LogP contribution >= 0.6 is 0 Å². The first-order chi connectivity index (χ1) is 10.3. The van der Waals surface area contributed by atoms with Crippen molar-refractivity contribution in [2.75, 3.05) is 18.8 Å². The molecule has 2 aliphatic rings. The SMILES string of the molecule is Nc1ncccc1CN1CC[C@@H]2OCc3cnnn3[C@H]2C1. The molecule has 0 unspecified atom stereocenters. The number of nitrogens with two attached hydrogens (primary N) is 1. The van der Waals surface area contributed by atoms with E-state index in [4.69, 9.17) is 10.5 Å². The molecule has 1 saturated heterocycles. The highest BCUT2D eigenvalue weighted by atomic mass is 16.5. The van der Waals surface area contributed by atoms with Crippen molar-refractivity contribution in [2.24, 2.45) is 0 Å². The highest BCUT2D eigenvalue weighted by Gasteiger charge is 2.36. The van der Waals surface area contributed by atoms with E-state index in [0.29, 0.717) is 12.4 Å². The fraction of sp³-hybridized carbons (Fsp3) is 0.500. The predicted octanol–water partition coefficient (Wildman–Crippen LogP) is 0.601. The van der Waals surface area contributed by atoms with Crippen LogP contribution in [0.1, 0.15) is 23.7 Å². The molecule has 4 rings (SSSR count). The molecule has 7 heteroatoms. The Bertz CT molecular complexity index is 642. The van der Waals surface area contributed by atoms with Crippen molar-refractivity contribution < 1.29 is 4.74 Å². The van der Waals surface area contributed by atoms with E-state index in [1.807, 2.05) is 16.8 Å². The van der Waals surface area contributed by atoms with E-state index in [2.05, 4.69) is 20.2 Å². The highest BCUT2D eigenvalue weighted by molar-refractivity contribution is 5.38. The maximum absolute atomic E-state index is 5.94. The van der Waals surface area contributed by atoms with Gasteiger partial charge in [-0.05, 0) is 12.5 Å².